The predicted octanol–water partition coefficient (Wildman–Crippen LogP) is 4.79. The third kappa shape index (κ3) is 7.55. The number of benzene rings is 2. The van der Waals surface area contributed by atoms with Gasteiger partial charge in [-0.2, -0.15) is 0 Å². The number of carbonyl (C=O) groups excluding carboxylic acids is 1. The van der Waals surface area contributed by atoms with Crippen LogP contribution >= 0.6 is 0 Å². The second kappa shape index (κ2) is 12.5. The highest BCUT2D eigenvalue weighted by Gasteiger charge is 2.20. The average Bonchev–Trinajstić information content (AvgIpc) is 2.77. The summed E-state index contributed by atoms with van der Waals surface area (Å²) in [7, 11) is -3.51. The maximum absolute atomic E-state index is 12.9. The molecular weight excluding hydrogens is 426 g/mol. The van der Waals surface area contributed by atoms with Gasteiger partial charge in [0.05, 0.1) is 23.9 Å². The van der Waals surface area contributed by atoms with Crippen LogP contribution < -0.4 is 9.47 Å². The Balaban J connectivity index is 2.09. The zero-order valence-corrected chi connectivity index (χ0v) is 20.4. The van der Waals surface area contributed by atoms with Crippen molar-refractivity contribution in [1.82, 2.24) is 4.90 Å². The number of rotatable bonds is 13. The SMILES string of the molecule is CCCOc1ccc(CN(CCC)C(=O)CCS(=O)(=O)c2ccc(C)cc2)cc1OCC. The fraction of sp³-hybridized carbons (Fsp3) is 0.480. The van der Waals surface area contributed by atoms with E-state index in [9.17, 15) is 13.2 Å². The lowest BCUT2D eigenvalue weighted by Crippen LogP contribution is -2.32. The molecule has 0 fully saturated rings. The molecule has 2 aromatic carbocycles. The molecule has 0 aliphatic carbocycles. The monoisotopic (exact) mass is 461 g/mol. The average molecular weight is 462 g/mol. The van der Waals surface area contributed by atoms with Crippen LogP contribution in [0.5, 0.6) is 11.5 Å². The highest BCUT2D eigenvalue weighted by molar-refractivity contribution is 7.91. The summed E-state index contributed by atoms with van der Waals surface area (Å²) in [6, 6.07) is 12.4. The summed E-state index contributed by atoms with van der Waals surface area (Å²) in [6.07, 6.45) is 1.64. The van der Waals surface area contributed by atoms with Crippen molar-refractivity contribution in [3.8, 4) is 11.5 Å². The molecule has 0 aliphatic heterocycles. The van der Waals surface area contributed by atoms with Crippen LogP contribution in [-0.2, 0) is 21.2 Å². The summed E-state index contributed by atoms with van der Waals surface area (Å²) in [4.78, 5) is 14.9. The molecule has 0 bridgehead atoms. The minimum atomic E-state index is -3.51. The molecule has 2 rings (SSSR count). The molecule has 1 amide bonds. The predicted molar refractivity (Wildman–Crippen MR) is 127 cm³/mol. The minimum absolute atomic E-state index is 0.0494. The van der Waals surface area contributed by atoms with E-state index >= 15 is 0 Å². The molecule has 0 atom stereocenters. The topological polar surface area (TPSA) is 72.9 Å². The number of carbonyl (C=O) groups is 1. The van der Waals surface area contributed by atoms with E-state index in [1.54, 1.807) is 29.2 Å². The number of sulfone groups is 1. The van der Waals surface area contributed by atoms with E-state index in [0.29, 0.717) is 37.8 Å². The highest BCUT2D eigenvalue weighted by atomic mass is 32.2. The van der Waals surface area contributed by atoms with Gasteiger partial charge in [-0.25, -0.2) is 8.42 Å². The smallest absolute Gasteiger partial charge is 0.223 e. The van der Waals surface area contributed by atoms with E-state index in [1.807, 2.05) is 45.9 Å². The molecule has 176 valence electrons. The van der Waals surface area contributed by atoms with Crippen molar-refractivity contribution >= 4 is 15.7 Å². The molecule has 0 aliphatic rings. The number of nitrogens with zero attached hydrogens (tertiary/aromatic N) is 1. The molecule has 0 unspecified atom stereocenters. The van der Waals surface area contributed by atoms with Crippen LogP contribution in [0.1, 0.15) is 51.2 Å². The first kappa shape index (κ1) is 25.7. The number of hydrogen-bond acceptors (Lipinski definition) is 5. The third-order valence-electron chi connectivity index (χ3n) is 4.95. The van der Waals surface area contributed by atoms with Crippen molar-refractivity contribution in [3.63, 3.8) is 0 Å². The van der Waals surface area contributed by atoms with Gasteiger partial charge in [0.15, 0.2) is 21.3 Å². The van der Waals surface area contributed by atoms with Crippen molar-refractivity contribution in [2.24, 2.45) is 0 Å². The van der Waals surface area contributed by atoms with Gasteiger partial charge in [-0.3, -0.25) is 4.79 Å². The van der Waals surface area contributed by atoms with Gasteiger partial charge in [0.1, 0.15) is 0 Å². The molecule has 0 aromatic heterocycles. The first-order chi connectivity index (χ1) is 15.3. The standard InChI is InChI=1S/C25H35NO5S/c1-5-15-26(19-21-10-13-23(31-16-6-2)24(18-21)30-7-3)25(27)14-17-32(28,29)22-11-8-20(4)9-12-22/h8-13,18H,5-7,14-17,19H2,1-4H3. The molecule has 7 heteroatoms. The molecule has 0 saturated heterocycles. The van der Waals surface area contributed by atoms with Gasteiger partial charge in [-0.15, -0.1) is 0 Å². The Morgan fingerprint density at radius 2 is 1.66 bits per heavy atom. The van der Waals surface area contributed by atoms with E-state index in [-0.39, 0.29) is 23.0 Å². The molecule has 0 heterocycles. The number of ether oxygens (including phenoxy) is 2. The van der Waals surface area contributed by atoms with E-state index < -0.39 is 9.84 Å². The van der Waals surface area contributed by atoms with Crippen molar-refractivity contribution < 1.29 is 22.7 Å². The lowest BCUT2D eigenvalue weighted by molar-refractivity contribution is -0.131. The Morgan fingerprint density at radius 3 is 2.28 bits per heavy atom. The molecule has 0 N–H and O–H groups in total. The quantitative estimate of drug-likeness (QED) is 0.429. The van der Waals surface area contributed by atoms with Crippen LogP contribution in [0.2, 0.25) is 0 Å². The van der Waals surface area contributed by atoms with Gasteiger partial charge >= 0.3 is 0 Å². The fourth-order valence-corrected chi connectivity index (χ4v) is 4.51. The van der Waals surface area contributed by atoms with Crippen LogP contribution in [0.25, 0.3) is 0 Å². The van der Waals surface area contributed by atoms with E-state index in [2.05, 4.69) is 0 Å². The van der Waals surface area contributed by atoms with E-state index in [4.69, 9.17) is 9.47 Å². The second-order valence-electron chi connectivity index (χ2n) is 7.76. The highest BCUT2D eigenvalue weighted by Crippen LogP contribution is 2.29. The Bertz CT molecular complexity index is 970. The lowest BCUT2D eigenvalue weighted by Gasteiger charge is -2.23. The first-order valence-electron chi connectivity index (χ1n) is 11.3. The van der Waals surface area contributed by atoms with E-state index in [0.717, 1.165) is 24.0 Å². The van der Waals surface area contributed by atoms with Gasteiger partial charge in [-0.05, 0) is 56.5 Å². The zero-order chi connectivity index (χ0) is 23.6. The van der Waals surface area contributed by atoms with Gasteiger partial charge in [-0.1, -0.05) is 37.6 Å². The summed E-state index contributed by atoms with van der Waals surface area (Å²) in [5.74, 6) is 0.967. The van der Waals surface area contributed by atoms with Gasteiger partial charge < -0.3 is 14.4 Å². The summed E-state index contributed by atoms with van der Waals surface area (Å²) in [6.45, 7) is 9.93. The molecule has 0 spiro atoms. The number of hydrogen-bond donors (Lipinski definition) is 0. The van der Waals surface area contributed by atoms with Crippen LogP contribution in [0.15, 0.2) is 47.4 Å². The van der Waals surface area contributed by atoms with Crippen LogP contribution in [-0.4, -0.2) is 44.7 Å². The van der Waals surface area contributed by atoms with Crippen LogP contribution in [0.3, 0.4) is 0 Å². The molecule has 0 saturated carbocycles. The Morgan fingerprint density at radius 1 is 0.938 bits per heavy atom. The molecule has 6 nitrogen and oxygen atoms in total. The van der Waals surface area contributed by atoms with Crippen LogP contribution in [0.4, 0.5) is 0 Å². The fourth-order valence-electron chi connectivity index (χ4n) is 3.28. The molecule has 2 aromatic rings. The number of amides is 1. The minimum Gasteiger partial charge on any atom is -0.490 e. The molecule has 32 heavy (non-hydrogen) atoms. The summed E-state index contributed by atoms with van der Waals surface area (Å²) in [5.41, 5.74) is 1.91. The van der Waals surface area contributed by atoms with Crippen molar-refractivity contribution in [1.29, 1.82) is 0 Å². The first-order valence-corrected chi connectivity index (χ1v) is 12.9. The zero-order valence-electron chi connectivity index (χ0n) is 19.6. The maximum Gasteiger partial charge on any atom is 0.223 e. The third-order valence-corrected chi connectivity index (χ3v) is 6.69. The Labute approximate surface area is 192 Å². The lowest BCUT2D eigenvalue weighted by atomic mass is 10.1. The Kier molecular flexibility index (Phi) is 10.0. The van der Waals surface area contributed by atoms with Crippen molar-refractivity contribution in [3.05, 3.63) is 53.6 Å². The molecular formula is C25H35NO5S. The van der Waals surface area contributed by atoms with Crippen molar-refractivity contribution in [2.75, 3.05) is 25.5 Å². The number of aryl methyl sites for hydroxylation is 1. The summed E-state index contributed by atoms with van der Waals surface area (Å²) in [5, 5.41) is 0. The van der Waals surface area contributed by atoms with Gasteiger partial charge in [0.25, 0.3) is 0 Å². The Hall–Kier alpha value is -2.54. The van der Waals surface area contributed by atoms with Gasteiger partial charge in [0, 0.05) is 19.5 Å². The van der Waals surface area contributed by atoms with Crippen LogP contribution in [0, 0.1) is 6.92 Å². The van der Waals surface area contributed by atoms with Crippen molar-refractivity contribution in [2.45, 2.75) is 58.4 Å². The second-order valence-corrected chi connectivity index (χ2v) is 9.87. The van der Waals surface area contributed by atoms with Gasteiger partial charge in [0.2, 0.25) is 5.91 Å². The normalized spacial score (nSPS) is 11.2. The summed E-state index contributed by atoms with van der Waals surface area (Å²) < 4.78 is 36.7. The van der Waals surface area contributed by atoms with E-state index in [1.165, 1.54) is 0 Å². The molecule has 0 radical (unpaired) electrons. The largest absolute Gasteiger partial charge is 0.490 e. The summed E-state index contributed by atoms with van der Waals surface area (Å²) >= 11 is 0. The maximum atomic E-state index is 12.9.